The Bertz CT molecular complexity index is 834. The summed E-state index contributed by atoms with van der Waals surface area (Å²) >= 11 is 0. The van der Waals surface area contributed by atoms with E-state index in [4.69, 9.17) is 20.2 Å². The fourth-order valence-corrected chi connectivity index (χ4v) is 3.18. The summed E-state index contributed by atoms with van der Waals surface area (Å²) in [6, 6.07) is 13.0. The number of carbonyl (C=O) groups excluding carboxylic acids is 1. The molecular weight excluding hydrogens is 342 g/mol. The first-order chi connectivity index (χ1) is 13.2. The molecule has 3 rings (SSSR count). The number of rotatable bonds is 7. The van der Waals surface area contributed by atoms with Crippen molar-refractivity contribution in [3.05, 3.63) is 53.6 Å². The number of aliphatic imine (C=N–C) groups is 1. The Morgan fingerprint density at radius 3 is 2.44 bits per heavy atom. The van der Waals surface area contributed by atoms with E-state index in [1.807, 2.05) is 36.4 Å². The number of hydrogen-bond acceptors (Lipinski definition) is 5. The molecule has 1 aliphatic heterocycles. The third-order valence-corrected chi connectivity index (χ3v) is 4.60. The molecule has 27 heavy (non-hydrogen) atoms. The summed E-state index contributed by atoms with van der Waals surface area (Å²) in [4.78, 5) is 17.6. The number of amides is 1. The molecule has 1 unspecified atom stereocenters. The SMILES string of the molecule is COc1cc2c(cc1OC)C(c1ccccc1)=NC(CCCCN)C(=O)N2. The van der Waals surface area contributed by atoms with Crippen molar-refractivity contribution in [1.29, 1.82) is 0 Å². The maximum Gasteiger partial charge on any atom is 0.249 e. The van der Waals surface area contributed by atoms with Crippen molar-refractivity contribution in [1.82, 2.24) is 0 Å². The lowest BCUT2D eigenvalue weighted by Gasteiger charge is -2.15. The molecule has 1 amide bonds. The molecular formula is C21H25N3O3. The molecule has 0 radical (unpaired) electrons. The Morgan fingerprint density at radius 1 is 1.07 bits per heavy atom. The van der Waals surface area contributed by atoms with Gasteiger partial charge in [-0.15, -0.1) is 0 Å². The molecule has 0 fully saturated rings. The van der Waals surface area contributed by atoms with E-state index in [1.54, 1.807) is 20.3 Å². The van der Waals surface area contributed by atoms with Crippen molar-refractivity contribution in [3.63, 3.8) is 0 Å². The molecule has 1 aliphatic rings. The Labute approximate surface area is 159 Å². The largest absolute Gasteiger partial charge is 0.493 e. The van der Waals surface area contributed by atoms with Crippen LogP contribution < -0.4 is 20.5 Å². The zero-order valence-electron chi connectivity index (χ0n) is 15.7. The van der Waals surface area contributed by atoms with Crippen molar-refractivity contribution in [3.8, 4) is 11.5 Å². The van der Waals surface area contributed by atoms with Crippen molar-refractivity contribution in [2.75, 3.05) is 26.1 Å². The third-order valence-electron chi connectivity index (χ3n) is 4.60. The number of nitrogens with one attached hydrogen (secondary N) is 1. The van der Waals surface area contributed by atoms with Crippen molar-refractivity contribution < 1.29 is 14.3 Å². The van der Waals surface area contributed by atoms with Gasteiger partial charge >= 0.3 is 0 Å². The van der Waals surface area contributed by atoms with Gasteiger partial charge in [-0.3, -0.25) is 9.79 Å². The minimum atomic E-state index is -0.462. The molecule has 3 N–H and O–H groups in total. The number of benzodiazepines with no additional fused rings is 1. The lowest BCUT2D eigenvalue weighted by molar-refractivity contribution is -0.117. The molecule has 0 aliphatic carbocycles. The highest BCUT2D eigenvalue weighted by atomic mass is 16.5. The quantitative estimate of drug-likeness (QED) is 0.737. The van der Waals surface area contributed by atoms with Gasteiger partial charge in [0.05, 0.1) is 25.6 Å². The van der Waals surface area contributed by atoms with Gasteiger partial charge in [0, 0.05) is 17.2 Å². The minimum Gasteiger partial charge on any atom is -0.493 e. The molecule has 0 aromatic heterocycles. The number of nitrogens with zero attached hydrogens (tertiary/aromatic N) is 1. The lowest BCUT2D eigenvalue weighted by atomic mass is 9.99. The van der Waals surface area contributed by atoms with Crippen LogP contribution in [0.25, 0.3) is 0 Å². The monoisotopic (exact) mass is 367 g/mol. The van der Waals surface area contributed by atoms with E-state index >= 15 is 0 Å². The Balaban J connectivity index is 2.11. The van der Waals surface area contributed by atoms with Crippen LogP contribution in [0.3, 0.4) is 0 Å². The van der Waals surface area contributed by atoms with Crippen LogP contribution in [0.5, 0.6) is 11.5 Å². The average Bonchev–Trinajstić information content (AvgIpc) is 2.83. The van der Waals surface area contributed by atoms with Gasteiger partial charge < -0.3 is 20.5 Å². The average molecular weight is 367 g/mol. The zero-order valence-corrected chi connectivity index (χ0v) is 15.7. The second kappa shape index (κ2) is 8.68. The van der Waals surface area contributed by atoms with E-state index in [0.717, 1.165) is 29.7 Å². The highest BCUT2D eigenvalue weighted by Gasteiger charge is 2.27. The number of unbranched alkanes of at least 4 members (excludes halogenated alkanes) is 1. The molecule has 6 nitrogen and oxygen atoms in total. The van der Waals surface area contributed by atoms with Crippen LogP contribution in [-0.4, -0.2) is 38.4 Å². The molecule has 2 aromatic rings. The summed E-state index contributed by atoms with van der Waals surface area (Å²) in [5.74, 6) is 1.03. The van der Waals surface area contributed by atoms with Gasteiger partial charge in [0.1, 0.15) is 6.04 Å². The van der Waals surface area contributed by atoms with Crippen LogP contribution in [-0.2, 0) is 4.79 Å². The molecule has 6 heteroatoms. The predicted octanol–water partition coefficient (Wildman–Crippen LogP) is 2.99. The summed E-state index contributed by atoms with van der Waals surface area (Å²) in [5.41, 5.74) is 8.79. The summed E-state index contributed by atoms with van der Waals surface area (Å²) in [6.07, 6.45) is 2.37. The maximum atomic E-state index is 12.8. The molecule has 2 aromatic carbocycles. The topological polar surface area (TPSA) is 85.9 Å². The normalized spacial score (nSPS) is 16.0. The highest BCUT2D eigenvalue weighted by molar-refractivity contribution is 6.20. The number of benzene rings is 2. The molecule has 1 heterocycles. The molecule has 1 atom stereocenters. The second-order valence-corrected chi connectivity index (χ2v) is 6.39. The van der Waals surface area contributed by atoms with Gasteiger partial charge in [-0.05, 0) is 31.9 Å². The molecule has 0 bridgehead atoms. The summed E-state index contributed by atoms with van der Waals surface area (Å²) in [6.45, 7) is 0.609. The van der Waals surface area contributed by atoms with E-state index in [9.17, 15) is 4.79 Å². The first-order valence-corrected chi connectivity index (χ1v) is 9.08. The third kappa shape index (κ3) is 4.11. The summed E-state index contributed by atoms with van der Waals surface area (Å²) < 4.78 is 10.8. The number of carbonyl (C=O) groups is 1. The van der Waals surface area contributed by atoms with Crippen LogP contribution in [0.2, 0.25) is 0 Å². The Morgan fingerprint density at radius 2 is 1.78 bits per heavy atom. The van der Waals surface area contributed by atoms with Crippen LogP contribution in [0, 0.1) is 0 Å². The number of nitrogens with two attached hydrogens (primary N) is 1. The van der Waals surface area contributed by atoms with Crippen LogP contribution in [0.1, 0.15) is 30.4 Å². The Kier molecular flexibility index (Phi) is 6.08. The molecule has 0 saturated carbocycles. The lowest BCUT2D eigenvalue weighted by Crippen LogP contribution is -2.25. The van der Waals surface area contributed by atoms with Gasteiger partial charge in [-0.25, -0.2) is 0 Å². The van der Waals surface area contributed by atoms with Gasteiger partial charge in [0.2, 0.25) is 5.91 Å². The van der Waals surface area contributed by atoms with Crippen molar-refractivity contribution >= 4 is 17.3 Å². The van der Waals surface area contributed by atoms with E-state index < -0.39 is 6.04 Å². The van der Waals surface area contributed by atoms with E-state index in [1.165, 1.54) is 0 Å². The first-order valence-electron chi connectivity index (χ1n) is 9.08. The first kappa shape index (κ1) is 18.9. The fraction of sp³-hybridized carbons (Fsp3) is 0.333. The standard InChI is InChI=1S/C21H25N3O3/c1-26-18-12-15-17(13-19(18)27-2)24-21(25)16(10-6-7-11-22)23-20(15)14-8-4-3-5-9-14/h3-5,8-9,12-13,16H,6-7,10-11,22H2,1-2H3,(H,24,25). The number of fused-ring (bicyclic) bond motifs is 1. The van der Waals surface area contributed by atoms with Gasteiger partial charge in [-0.1, -0.05) is 30.3 Å². The number of anilines is 1. The number of methoxy groups -OCH3 is 2. The van der Waals surface area contributed by atoms with Gasteiger partial charge in [0.15, 0.2) is 11.5 Å². The van der Waals surface area contributed by atoms with Crippen LogP contribution >= 0.6 is 0 Å². The molecule has 0 saturated heterocycles. The number of ether oxygens (including phenoxy) is 2. The predicted molar refractivity (Wildman–Crippen MR) is 107 cm³/mol. The van der Waals surface area contributed by atoms with Gasteiger partial charge in [-0.2, -0.15) is 0 Å². The molecule has 0 spiro atoms. The van der Waals surface area contributed by atoms with Gasteiger partial charge in [0.25, 0.3) is 0 Å². The Hall–Kier alpha value is -2.86. The van der Waals surface area contributed by atoms with Crippen molar-refractivity contribution in [2.24, 2.45) is 10.7 Å². The van der Waals surface area contributed by atoms with Crippen molar-refractivity contribution in [2.45, 2.75) is 25.3 Å². The second-order valence-electron chi connectivity index (χ2n) is 6.39. The maximum absolute atomic E-state index is 12.8. The minimum absolute atomic E-state index is 0.119. The zero-order chi connectivity index (χ0) is 19.2. The highest BCUT2D eigenvalue weighted by Crippen LogP contribution is 2.36. The fourth-order valence-electron chi connectivity index (χ4n) is 3.18. The van der Waals surface area contributed by atoms with Crippen LogP contribution in [0.4, 0.5) is 5.69 Å². The van der Waals surface area contributed by atoms with E-state index in [2.05, 4.69) is 5.32 Å². The smallest absolute Gasteiger partial charge is 0.249 e. The summed E-state index contributed by atoms with van der Waals surface area (Å²) in [5, 5.41) is 3.00. The van der Waals surface area contributed by atoms with Crippen LogP contribution in [0.15, 0.2) is 47.5 Å². The van der Waals surface area contributed by atoms with E-state index in [-0.39, 0.29) is 5.91 Å². The molecule has 142 valence electrons. The summed E-state index contributed by atoms with van der Waals surface area (Å²) in [7, 11) is 3.17. The van der Waals surface area contributed by atoms with E-state index in [0.29, 0.717) is 30.2 Å². The number of hydrogen-bond donors (Lipinski definition) is 2.